The molecule has 0 saturated carbocycles. The molecule has 0 amide bonds. The fourth-order valence-corrected chi connectivity index (χ4v) is 3.91. The number of thiophene rings is 1. The molecule has 0 spiro atoms. The van der Waals surface area contributed by atoms with E-state index in [4.69, 9.17) is 0 Å². The Morgan fingerprint density at radius 1 is 1.22 bits per heavy atom. The van der Waals surface area contributed by atoms with Crippen molar-refractivity contribution in [3.05, 3.63) is 33.7 Å². The van der Waals surface area contributed by atoms with Crippen LogP contribution in [0.1, 0.15) is 42.7 Å². The minimum absolute atomic E-state index is 0.0871. The number of nitrogens with one attached hydrogen (secondary N) is 4. The quantitative estimate of drug-likeness (QED) is 0.641. The third-order valence-corrected chi connectivity index (χ3v) is 5.29. The first-order valence-electron chi connectivity index (χ1n) is 8.04. The second-order valence-electron chi connectivity index (χ2n) is 6.35. The van der Waals surface area contributed by atoms with Crippen molar-refractivity contribution in [1.29, 1.82) is 0 Å². The van der Waals surface area contributed by atoms with Crippen LogP contribution in [0, 0.1) is 13.8 Å². The summed E-state index contributed by atoms with van der Waals surface area (Å²) in [7, 11) is 0. The number of allylic oxidation sites excluding steroid dienone is 3. The lowest BCUT2D eigenvalue weighted by Gasteiger charge is -2.32. The number of anilines is 1. The van der Waals surface area contributed by atoms with E-state index in [-0.39, 0.29) is 12.1 Å². The summed E-state index contributed by atoms with van der Waals surface area (Å²) in [6.45, 7) is 8.49. The minimum atomic E-state index is -0.0871. The van der Waals surface area contributed by atoms with Gasteiger partial charge < -0.3 is 10.6 Å². The molecule has 1 aromatic heterocycles. The van der Waals surface area contributed by atoms with Gasteiger partial charge in [-0.1, -0.05) is 6.08 Å². The van der Waals surface area contributed by atoms with Crippen molar-refractivity contribution < 1.29 is 4.79 Å². The van der Waals surface area contributed by atoms with Crippen LogP contribution in [0.4, 0.5) is 5.00 Å². The molecule has 2 heterocycles. The smallest absolute Gasteiger partial charge is 0.166 e. The summed E-state index contributed by atoms with van der Waals surface area (Å²) in [6.07, 6.45) is 4.94. The third-order valence-electron chi connectivity index (χ3n) is 4.15. The Morgan fingerprint density at radius 2 is 2.00 bits per heavy atom. The van der Waals surface area contributed by atoms with Gasteiger partial charge in [0.25, 0.3) is 0 Å². The van der Waals surface area contributed by atoms with E-state index in [0.717, 1.165) is 12.1 Å². The molecule has 23 heavy (non-hydrogen) atoms. The number of hydrazine groups is 1. The zero-order chi connectivity index (χ0) is 16.6. The number of carbonyl (C=O) groups is 1. The standard InChI is InChI=1S/C17H24N4OS/c1-9(2)20-21-17-18-15(12-5-7-13(22)8-6-12)14-10(3)11(4)23-16(14)19-17/h5,7,9,17-21H,6,8H2,1-4H3/b15-12-. The van der Waals surface area contributed by atoms with Crippen LogP contribution in [-0.2, 0) is 4.79 Å². The van der Waals surface area contributed by atoms with Crippen molar-refractivity contribution in [3.63, 3.8) is 0 Å². The fraction of sp³-hybridized carbons (Fsp3) is 0.471. The predicted octanol–water partition coefficient (Wildman–Crippen LogP) is 2.80. The Bertz CT molecular complexity index is 687. The lowest BCUT2D eigenvalue weighted by molar-refractivity contribution is -0.114. The molecular formula is C17H24N4OS. The van der Waals surface area contributed by atoms with Gasteiger partial charge in [0.05, 0.1) is 5.70 Å². The second kappa shape index (κ2) is 6.47. The normalized spacial score (nSPS) is 23.7. The zero-order valence-corrected chi connectivity index (χ0v) is 14.9. The first-order chi connectivity index (χ1) is 11.0. The maximum atomic E-state index is 11.5. The fourth-order valence-electron chi connectivity index (χ4n) is 2.82. The Morgan fingerprint density at radius 3 is 2.65 bits per heavy atom. The van der Waals surface area contributed by atoms with Gasteiger partial charge in [-0.3, -0.25) is 10.2 Å². The van der Waals surface area contributed by atoms with Gasteiger partial charge in [0.1, 0.15) is 5.00 Å². The first kappa shape index (κ1) is 16.2. The summed E-state index contributed by atoms with van der Waals surface area (Å²) >= 11 is 1.78. The number of hydrogen-bond acceptors (Lipinski definition) is 6. The van der Waals surface area contributed by atoms with Crippen molar-refractivity contribution in [3.8, 4) is 0 Å². The average Bonchev–Trinajstić information content (AvgIpc) is 2.80. The van der Waals surface area contributed by atoms with Crippen LogP contribution in [0.3, 0.4) is 0 Å². The van der Waals surface area contributed by atoms with Crippen LogP contribution in [0.2, 0.25) is 0 Å². The van der Waals surface area contributed by atoms with Crippen molar-refractivity contribution in [2.45, 2.75) is 52.9 Å². The van der Waals surface area contributed by atoms with E-state index in [9.17, 15) is 4.79 Å². The maximum Gasteiger partial charge on any atom is 0.166 e. The molecule has 4 N–H and O–H groups in total. The Labute approximate surface area is 141 Å². The van der Waals surface area contributed by atoms with Crippen molar-refractivity contribution in [2.75, 3.05) is 5.32 Å². The van der Waals surface area contributed by atoms with Gasteiger partial charge in [-0.2, -0.15) is 0 Å². The lowest BCUT2D eigenvalue weighted by atomic mass is 9.94. The summed E-state index contributed by atoms with van der Waals surface area (Å²) in [5.74, 6) is 0.206. The van der Waals surface area contributed by atoms with E-state index in [1.807, 2.05) is 6.08 Å². The van der Waals surface area contributed by atoms with E-state index in [0.29, 0.717) is 12.5 Å². The molecule has 1 aliphatic carbocycles. The largest absolute Gasteiger partial charge is 0.351 e. The third kappa shape index (κ3) is 3.34. The van der Waals surface area contributed by atoms with Crippen molar-refractivity contribution in [2.24, 2.45) is 0 Å². The highest BCUT2D eigenvalue weighted by molar-refractivity contribution is 7.16. The molecular weight excluding hydrogens is 308 g/mol. The number of hydrogen-bond donors (Lipinski definition) is 4. The van der Waals surface area contributed by atoms with Crippen LogP contribution in [0.5, 0.6) is 0 Å². The number of aryl methyl sites for hydroxylation is 1. The van der Waals surface area contributed by atoms with E-state index in [1.165, 1.54) is 26.6 Å². The monoisotopic (exact) mass is 332 g/mol. The Hall–Kier alpha value is -1.63. The molecule has 124 valence electrons. The molecule has 6 heteroatoms. The number of carbonyl (C=O) groups excluding carboxylic acids is 1. The Balaban J connectivity index is 1.98. The van der Waals surface area contributed by atoms with Crippen LogP contribution < -0.4 is 21.5 Å². The zero-order valence-electron chi connectivity index (χ0n) is 14.0. The van der Waals surface area contributed by atoms with E-state index < -0.39 is 0 Å². The molecule has 1 atom stereocenters. The molecule has 5 nitrogen and oxygen atoms in total. The molecule has 1 aliphatic heterocycles. The molecule has 1 aromatic rings. The van der Waals surface area contributed by atoms with E-state index in [1.54, 1.807) is 17.4 Å². The average molecular weight is 332 g/mol. The molecule has 1 unspecified atom stereocenters. The van der Waals surface area contributed by atoms with Gasteiger partial charge in [-0.05, 0) is 51.3 Å². The van der Waals surface area contributed by atoms with Crippen molar-refractivity contribution in [1.82, 2.24) is 16.2 Å². The Kier molecular flexibility index (Phi) is 4.57. The molecule has 3 rings (SSSR count). The highest BCUT2D eigenvalue weighted by Crippen LogP contribution is 2.41. The highest BCUT2D eigenvalue weighted by atomic mass is 32.1. The van der Waals surface area contributed by atoms with E-state index >= 15 is 0 Å². The summed E-state index contributed by atoms with van der Waals surface area (Å²) in [6, 6.07) is 0.343. The second-order valence-corrected chi connectivity index (χ2v) is 7.58. The number of ketones is 1. The van der Waals surface area contributed by atoms with Gasteiger partial charge in [0, 0.05) is 22.9 Å². The van der Waals surface area contributed by atoms with Gasteiger partial charge in [0.2, 0.25) is 0 Å². The minimum Gasteiger partial charge on any atom is -0.351 e. The van der Waals surface area contributed by atoms with E-state index in [2.05, 4.69) is 49.2 Å². The van der Waals surface area contributed by atoms with Gasteiger partial charge in [0.15, 0.2) is 12.1 Å². The van der Waals surface area contributed by atoms with Crippen LogP contribution in [0.25, 0.3) is 5.70 Å². The van der Waals surface area contributed by atoms with Gasteiger partial charge >= 0.3 is 0 Å². The highest BCUT2D eigenvalue weighted by Gasteiger charge is 2.27. The topological polar surface area (TPSA) is 65.2 Å². The number of fused-ring (bicyclic) bond motifs is 1. The molecule has 0 saturated heterocycles. The van der Waals surface area contributed by atoms with Crippen LogP contribution in [-0.4, -0.2) is 18.1 Å². The predicted molar refractivity (Wildman–Crippen MR) is 96.0 cm³/mol. The molecule has 2 aliphatic rings. The lowest BCUT2D eigenvalue weighted by Crippen LogP contribution is -2.56. The number of rotatable bonds is 3. The molecule has 0 radical (unpaired) electrons. The summed E-state index contributed by atoms with van der Waals surface area (Å²) in [5.41, 5.74) is 11.4. The van der Waals surface area contributed by atoms with Gasteiger partial charge in [-0.25, -0.2) is 5.43 Å². The molecule has 0 fully saturated rings. The first-order valence-corrected chi connectivity index (χ1v) is 8.86. The maximum absolute atomic E-state index is 11.5. The summed E-state index contributed by atoms with van der Waals surface area (Å²) < 4.78 is 0. The van der Waals surface area contributed by atoms with Crippen LogP contribution >= 0.6 is 11.3 Å². The van der Waals surface area contributed by atoms with Crippen molar-refractivity contribution >= 4 is 27.8 Å². The SMILES string of the molecule is Cc1sc2c(c1C)/C(=C1\C=CC(=O)CC1)NC(NNC(C)C)N2. The molecule has 0 aromatic carbocycles. The molecule has 0 bridgehead atoms. The van der Waals surface area contributed by atoms with Crippen LogP contribution in [0.15, 0.2) is 17.7 Å². The summed E-state index contributed by atoms with van der Waals surface area (Å²) in [5, 5.41) is 8.22. The summed E-state index contributed by atoms with van der Waals surface area (Å²) in [4.78, 5) is 12.8. The van der Waals surface area contributed by atoms with Gasteiger partial charge in [-0.15, -0.1) is 11.3 Å².